The maximum absolute atomic E-state index is 12.5. The summed E-state index contributed by atoms with van der Waals surface area (Å²) in [6.07, 6.45) is 0. The quantitative estimate of drug-likeness (QED) is 0.376. The van der Waals surface area contributed by atoms with Gasteiger partial charge in [-0.1, -0.05) is 35.3 Å². The first-order valence-electron chi connectivity index (χ1n) is 8.42. The van der Waals surface area contributed by atoms with Crippen LogP contribution in [-0.4, -0.2) is 30.6 Å². The summed E-state index contributed by atoms with van der Waals surface area (Å²) in [4.78, 5) is 24.7. The van der Waals surface area contributed by atoms with E-state index in [-0.39, 0.29) is 16.6 Å². The van der Waals surface area contributed by atoms with Gasteiger partial charge < -0.3 is 9.47 Å². The summed E-state index contributed by atoms with van der Waals surface area (Å²) in [5, 5.41) is 3.80. The standard InChI is InChI=1S/C19H15Cl2N3O4S2/c1-27-10-6-7-11-14(8-10)30-17(16(11)21)18(26)22-19(29)24-23-15(25)9-28-13-5-3-2-4-12(13)20/h2-8H,9H2,1H3,(H,23,25)(H2,22,24,26,29). The molecule has 0 aliphatic heterocycles. The summed E-state index contributed by atoms with van der Waals surface area (Å²) in [6.45, 7) is -0.294. The summed E-state index contributed by atoms with van der Waals surface area (Å²) >= 11 is 18.5. The fourth-order valence-corrected chi connectivity index (χ4v) is 4.15. The smallest absolute Gasteiger partial charge is 0.276 e. The Morgan fingerprint density at radius 3 is 2.63 bits per heavy atom. The molecule has 0 saturated heterocycles. The third-order valence-corrected chi connectivity index (χ3v) is 5.95. The van der Waals surface area contributed by atoms with Crippen molar-refractivity contribution in [3.8, 4) is 11.5 Å². The number of halogens is 2. The molecule has 156 valence electrons. The molecule has 1 aromatic heterocycles. The van der Waals surface area contributed by atoms with Crippen LogP contribution in [0, 0.1) is 0 Å². The Morgan fingerprint density at radius 1 is 1.13 bits per heavy atom. The average molecular weight is 484 g/mol. The van der Waals surface area contributed by atoms with Crippen LogP contribution in [0.25, 0.3) is 10.1 Å². The van der Waals surface area contributed by atoms with E-state index in [1.165, 1.54) is 11.3 Å². The zero-order chi connectivity index (χ0) is 21.7. The number of thiocarbonyl (C=S) groups is 1. The largest absolute Gasteiger partial charge is 0.497 e. The number of rotatable bonds is 5. The number of fused-ring (bicyclic) bond motifs is 1. The lowest BCUT2D eigenvalue weighted by Gasteiger charge is -2.11. The molecule has 3 aromatic rings. The van der Waals surface area contributed by atoms with Crippen LogP contribution in [0.2, 0.25) is 10.0 Å². The fraction of sp³-hybridized carbons (Fsp3) is 0.105. The van der Waals surface area contributed by atoms with Crippen LogP contribution >= 0.6 is 46.8 Å². The van der Waals surface area contributed by atoms with E-state index in [4.69, 9.17) is 44.9 Å². The lowest BCUT2D eigenvalue weighted by atomic mass is 10.2. The van der Waals surface area contributed by atoms with Crippen LogP contribution in [0.15, 0.2) is 42.5 Å². The van der Waals surface area contributed by atoms with Crippen LogP contribution in [0.1, 0.15) is 9.67 Å². The molecule has 0 aliphatic carbocycles. The highest BCUT2D eigenvalue weighted by Gasteiger charge is 2.18. The number of para-hydroxylation sites is 1. The number of hydrogen-bond acceptors (Lipinski definition) is 6. The molecule has 3 rings (SSSR count). The van der Waals surface area contributed by atoms with Gasteiger partial charge in [-0.25, -0.2) is 0 Å². The number of methoxy groups -OCH3 is 1. The molecule has 2 amide bonds. The van der Waals surface area contributed by atoms with Crippen LogP contribution < -0.4 is 25.6 Å². The molecule has 0 spiro atoms. The molecule has 30 heavy (non-hydrogen) atoms. The lowest BCUT2D eigenvalue weighted by Crippen LogP contribution is -2.49. The minimum atomic E-state index is -0.515. The van der Waals surface area contributed by atoms with Gasteiger partial charge in [0.15, 0.2) is 11.7 Å². The van der Waals surface area contributed by atoms with Crippen LogP contribution in [0.4, 0.5) is 0 Å². The Balaban J connectivity index is 1.52. The number of hydrazine groups is 1. The van der Waals surface area contributed by atoms with E-state index < -0.39 is 11.8 Å². The van der Waals surface area contributed by atoms with E-state index >= 15 is 0 Å². The van der Waals surface area contributed by atoms with E-state index in [2.05, 4.69) is 16.2 Å². The average Bonchev–Trinajstić information content (AvgIpc) is 3.07. The zero-order valence-corrected chi connectivity index (χ0v) is 18.6. The number of amides is 2. The second kappa shape index (κ2) is 9.94. The maximum atomic E-state index is 12.5. The van der Waals surface area contributed by atoms with Gasteiger partial charge in [-0.05, 0) is 42.5 Å². The van der Waals surface area contributed by atoms with Gasteiger partial charge in [-0.15, -0.1) is 11.3 Å². The topological polar surface area (TPSA) is 88.7 Å². The molecule has 0 atom stereocenters. The SMILES string of the molecule is COc1ccc2c(Cl)c(C(=O)NC(=S)NNC(=O)COc3ccccc3Cl)sc2c1. The van der Waals surface area contributed by atoms with Crippen molar-refractivity contribution in [2.75, 3.05) is 13.7 Å². The van der Waals surface area contributed by atoms with Crippen molar-refractivity contribution < 1.29 is 19.1 Å². The molecule has 1 heterocycles. The first-order valence-corrected chi connectivity index (χ1v) is 10.4. The van der Waals surface area contributed by atoms with E-state index in [0.717, 1.165) is 10.1 Å². The summed E-state index contributed by atoms with van der Waals surface area (Å²) in [6, 6.07) is 12.1. The summed E-state index contributed by atoms with van der Waals surface area (Å²) in [7, 11) is 1.56. The molecule has 2 aromatic carbocycles. The monoisotopic (exact) mass is 483 g/mol. The predicted octanol–water partition coefficient (Wildman–Crippen LogP) is 3.93. The van der Waals surface area contributed by atoms with E-state index in [0.29, 0.717) is 21.5 Å². The fourth-order valence-electron chi connectivity index (χ4n) is 2.38. The molecular weight excluding hydrogens is 469 g/mol. The number of carbonyl (C=O) groups is 2. The second-order valence-electron chi connectivity index (χ2n) is 5.78. The van der Waals surface area contributed by atoms with Crippen molar-refractivity contribution in [3.05, 3.63) is 57.4 Å². The number of ether oxygens (including phenoxy) is 2. The van der Waals surface area contributed by atoms with Crippen molar-refractivity contribution in [1.29, 1.82) is 0 Å². The van der Waals surface area contributed by atoms with Crippen molar-refractivity contribution >= 4 is 73.8 Å². The Bertz CT molecular complexity index is 1120. The molecule has 0 unspecified atom stereocenters. The van der Waals surface area contributed by atoms with Crippen molar-refractivity contribution in [1.82, 2.24) is 16.2 Å². The molecule has 3 N–H and O–H groups in total. The highest BCUT2D eigenvalue weighted by Crippen LogP contribution is 2.37. The lowest BCUT2D eigenvalue weighted by molar-refractivity contribution is -0.123. The number of nitrogens with one attached hydrogen (secondary N) is 3. The molecule has 0 fully saturated rings. The van der Waals surface area contributed by atoms with Gasteiger partial charge in [-0.3, -0.25) is 25.8 Å². The highest BCUT2D eigenvalue weighted by atomic mass is 35.5. The van der Waals surface area contributed by atoms with Gasteiger partial charge in [0, 0.05) is 10.1 Å². The third-order valence-electron chi connectivity index (χ3n) is 3.78. The first kappa shape index (κ1) is 22.1. The second-order valence-corrected chi connectivity index (χ2v) is 8.03. The summed E-state index contributed by atoms with van der Waals surface area (Å²) in [5.41, 5.74) is 4.76. The molecule has 0 saturated carbocycles. The Morgan fingerprint density at radius 2 is 1.90 bits per heavy atom. The number of carbonyl (C=O) groups excluding carboxylic acids is 2. The Labute approximate surface area is 191 Å². The van der Waals surface area contributed by atoms with Crippen molar-refractivity contribution in [2.24, 2.45) is 0 Å². The van der Waals surface area contributed by atoms with Gasteiger partial charge in [0.05, 0.1) is 17.2 Å². The predicted molar refractivity (Wildman–Crippen MR) is 122 cm³/mol. The van der Waals surface area contributed by atoms with E-state index in [1.807, 2.05) is 0 Å². The van der Waals surface area contributed by atoms with Crippen LogP contribution in [-0.2, 0) is 4.79 Å². The molecule has 0 aliphatic rings. The van der Waals surface area contributed by atoms with E-state index in [9.17, 15) is 9.59 Å². The minimum absolute atomic E-state index is 0.0998. The van der Waals surface area contributed by atoms with Gasteiger partial charge >= 0.3 is 0 Å². The van der Waals surface area contributed by atoms with Gasteiger partial charge in [0.2, 0.25) is 0 Å². The number of benzene rings is 2. The number of hydrogen-bond donors (Lipinski definition) is 3. The molecule has 0 radical (unpaired) electrons. The molecule has 11 heteroatoms. The molecule has 7 nitrogen and oxygen atoms in total. The van der Waals surface area contributed by atoms with Gasteiger partial charge in [0.25, 0.3) is 11.8 Å². The van der Waals surface area contributed by atoms with Crippen molar-refractivity contribution in [3.63, 3.8) is 0 Å². The number of thiophene rings is 1. The van der Waals surface area contributed by atoms with Gasteiger partial charge in [0.1, 0.15) is 16.4 Å². The minimum Gasteiger partial charge on any atom is -0.497 e. The molecular formula is C19H15Cl2N3O4S2. The van der Waals surface area contributed by atoms with Crippen LogP contribution in [0.5, 0.6) is 11.5 Å². The summed E-state index contributed by atoms with van der Waals surface area (Å²) in [5.74, 6) is 0.0188. The molecule has 0 bridgehead atoms. The van der Waals surface area contributed by atoms with Crippen LogP contribution in [0.3, 0.4) is 0 Å². The van der Waals surface area contributed by atoms with Gasteiger partial charge in [-0.2, -0.15) is 0 Å². The van der Waals surface area contributed by atoms with E-state index in [1.54, 1.807) is 49.6 Å². The Hall–Kier alpha value is -2.59. The zero-order valence-electron chi connectivity index (χ0n) is 15.5. The van der Waals surface area contributed by atoms with Crippen molar-refractivity contribution in [2.45, 2.75) is 0 Å². The summed E-state index contributed by atoms with van der Waals surface area (Å²) < 4.78 is 11.3. The first-order chi connectivity index (χ1) is 14.4. The normalized spacial score (nSPS) is 10.4. The maximum Gasteiger partial charge on any atom is 0.276 e. The highest BCUT2D eigenvalue weighted by molar-refractivity contribution is 7.80. The third kappa shape index (κ3) is 5.31. The Kier molecular flexibility index (Phi) is 7.33.